The second kappa shape index (κ2) is 9.67. The standard InChI is InChI=1S/C23H18F2N2O4/c1-14-20(24)22(30-17-7-3-5-15(11-17)9-10-19(28)29-2)27-23(21(14)25)31-18-8-4-6-16(12-18)13-26/h3-8,11-12H,9-10H2,1-2H3. The van der Waals surface area contributed by atoms with Crippen LogP contribution in [0.3, 0.4) is 0 Å². The van der Waals surface area contributed by atoms with Crippen molar-refractivity contribution in [1.29, 1.82) is 5.26 Å². The van der Waals surface area contributed by atoms with E-state index in [1.54, 1.807) is 36.4 Å². The Bertz CT molecular complexity index is 1160. The summed E-state index contributed by atoms with van der Waals surface area (Å²) in [5.74, 6) is -2.80. The Labute approximate surface area is 177 Å². The Balaban J connectivity index is 1.86. The Morgan fingerprint density at radius 3 is 2.26 bits per heavy atom. The summed E-state index contributed by atoms with van der Waals surface area (Å²) in [7, 11) is 1.31. The van der Waals surface area contributed by atoms with Crippen LogP contribution in [-0.2, 0) is 16.0 Å². The number of nitrogens with zero attached hydrogens (tertiary/aromatic N) is 2. The third-order valence-corrected chi connectivity index (χ3v) is 4.37. The van der Waals surface area contributed by atoms with Crippen molar-refractivity contribution in [2.75, 3.05) is 7.11 Å². The fourth-order valence-corrected chi connectivity index (χ4v) is 2.71. The van der Waals surface area contributed by atoms with Gasteiger partial charge in [-0.1, -0.05) is 18.2 Å². The minimum Gasteiger partial charge on any atom is -0.469 e. The number of aromatic nitrogens is 1. The maximum absolute atomic E-state index is 14.6. The first kappa shape index (κ1) is 21.7. The normalized spacial score (nSPS) is 10.3. The summed E-state index contributed by atoms with van der Waals surface area (Å²) in [6.45, 7) is 1.24. The van der Waals surface area contributed by atoms with Gasteiger partial charge in [0.1, 0.15) is 11.5 Å². The number of ether oxygens (including phenoxy) is 3. The lowest BCUT2D eigenvalue weighted by Gasteiger charge is -2.13. The van der Waals surface area contributed by atoms with Crippen LogP contribution in [0.1, 0.15) is 23.1 Å². The Morgan fingerprint density at radius 2 is 1.65 bits per heavy atom. The molecule has 0 saturated carbocycles. The van der Waals surface area contributed by atoms with Crippen LogP contribution < -0.4 is 9.47 Å². The van der Waals surface area contributed by atoms with Crippen LogP contribution in [0, 0.1) is 29.9 Å². The first-order valence-electron chi connectivity index (χ1n) is 9.28. The van der Waals surface area contributed by atoms with Crippen LogP contribution in [0.4, 0.5) is 8.78 Å². The number of rotatable bonds is 7. The second-order valence-electron chi connectivity index (χ2n) is 6.54. The van der Waals surface area contributed by atoms with Gasteiger partial charge in [-0.3, -0.25) is 4.79 Å². The van der Waals surface area contributed by atoms with Gasteiger partial charge in [0, 0.05) is 12.0 Å². The highest BCUT2D eigenvalue weighted by Gasteiger charge is 2.21. The summed E-state index contributed by atoms with van der Waals surface area (Å²) in [5.41, 5.74) is 0.766. The highest BCUT2D eigenvalue weighted by molar-refractivity contribution is 5.69. The lowest BCUT2D eigenvalue weighted by molar-refractivity contribution is -0.140. The number of aryl methyl sites for hydroxylation is 1. The molecule has 0 aliphatic carbocycles. The molecule has 8 heteroatoms. The first-order valence-corrected chi connectivity index (χ1v) is 9.28. The Hall–Kier alpha value is -3.99. The minimum atomic E-state index is -0.973. The van der Waals surface area contributed by atoms with E-state index in [4.69, 9.17) is 14.7 Å². The van der Waals surface area contributed by atoms with E-state index in [1.807, 2.05) is 6.07 Å². The van der Waals surface area contributed by atoms with E-state index < -0.39 is 23.4 Å². The highest BCUT2D eigenvalue weighted by atomic mass is 19.1. The fourth-order valence-electron chi connectivity index (χ4n) is 2.71. The van der Waals surface area contributed by atoms with Crippen molar-refractivity contribution in [3.05, 3.63) is 76.9 Å². The van der Waals surface area contributed by atoms with Gasteiger partial charge in [0.2, 0.25) is 0 Å². The molecular formula is C23H18F2N2O4. The van der Waals surface area contributed by atoms with Gasteiger partial charge in [0.15, 0.2) is 11.6 Å². The van der Waals surface area contributed by atoms with Crippen LogP contribution in [0.25, 0.3) is 0 Å². The van der Waals surface area contributed by atoms with Gasteiger partial charge < -0.3 is 14.2 Å². The van der Waals surface area contributed by atoms with Gasteiger partial charge in [-0.15, -0.1) is 0 Å². The maximum atomic E-state index is 14.6. The molecule has 6 nitrogen and oxygen atoms in total. The molecule has 0 atom stereocenters. The molecule has 31 heavy (non-hydrogen) atoms. The van der Waals surface area contributed by atoms with Crippen molar-refractivity contribution < 1.29 is 27.8 Å². The van der Waals surface area contributed by atoms with E-state index in [1.165, 1.54) is 26.2 Å². The second-order valence-corrected chi connectivity index (χ2v) is 6.54. The molecule has 3 aromatic rings. The fraction of sp³-hybridized carbons (Fsp3) is 0.174. The van der Waals surface area contributed by atoms with Gasteiger partial charge in [-0.25, -0.2) is 8.78 Å². The maximum Gasteiger partial charge on any atom is 0.305 e. The van der Waals surface area contributed by atoms with E-state index in [-0.39, 0.29) is 29.5 Å². The zero-order valence-electron chi connectivity index (χ0n) is 16.8. The van der Waals surface area contributed by atoms with Crippen LogP contribution >= 0.6 is 0 Å². The molecule has 0 spiro atoms. The SMILES string of the molecule is COC(=O)CCc1cccc(Oc2nc(Oc3cccc(C#N)c3)c(F)c(C)c2F)c1. The molecule has 3 rings (SSSR count). The van der Waals surface area contributed by atoms with E-state index in [0.29, 0.717) is 12.0 Å². The molecule has 1 aromatic heterocycles. The number of nitriles is 1. The lowest BCUT2D eigenvalue weighted by atomic mass is 10.1. The summed E-state index contributed by atoms with van der Waals surface area (Å²) in [6, 6.07) is 14.7. The predicted molar refractivity (Wildman–Crippen MR) is 107 cm³/mol. The van der Waals surface area contributed by atoms with Crippen molar-refractivity contribution >= 4 is 5.97 Å². The highest BCUT2D eigenvalue weighted by Crippen LogP contribution is 2.33. The Morgan fingerprint density at radius 1 is 1.03 bits per heavy atom. The third-order valence-electron chi connectivity index (χ3n) is 4.37. The topological polar surface area (TPSA) is 81.4 Å². The monoisotopic (exact) mass is 424 g/mol. The molecule has 158 valence electrons. The first-order chi connectivity index (χ1) is 14.9. The summed E-state index contributed by atoms with van der Waals surface area (Å²) >= 11 is 0. The summed E-state index contributed by atoms with van der Waals surface area (Å²) < 4.78 is 44.7. The van der Waals surface area contributed by atoms with Gasteiger partial charge >= 0.3 is 5.97 Å². The molecule has 0 bridgehead atoms. The number of carbonyl (C=O) groups is 1. The van der Waals surface area contributed by atoms with Gasteiger partial charge in [0.25, 0.3) is 11.8 Å². The molecule has 0 radical (unpaired) electrons. The zero-order chi connectivity index (χ0) is 22.4. The van der Waals surface area contributed by atoms with E-state index >= 15 is 0 Å². The Kier molecular flexibility index (Phi) is 6.78. The molecular weight excluding hydrogens is 406 g/mol. The van der Waals surface area contributed by atoms with Gasteiger partial charge in [0.05, 0.1) is 18.7 Å². The average Bonchev–Trinajstić information content (AvgIpc) is 2.79. The van der Waals surface area contributed by atoms with Gasteiger partial charge in [-0.05, 0) is 49.2 Å². The van der Waals surface area contributed by atoms with Crippen LogP contribution in [0.5, 0.6) is 23.3 Å². The van der Waals surface area contributed by atoms with Crippen molar-refractivity contribution in [3.8, 4) is 29.3 Å². The van der Waals surface area contributed by atoms with Crippen molar-refractivity contribution in [1.82, 2.24) is 4.98 Å². The number of halogens is 2. The largest absolute Gasteiger partial charge is 0.469 e. The molecule has 1 heterocycles. The minimum absolute atomic E-state index is 0.173. The number of methoxy groups -OCH3 is 1. The van der Waals surface area contributed by atoms with E-state index in [2.05, 4.69) is 9.72 Å². The number of pyridine rings is 1. The van der Waals surface area contributed by atoms with Crippen LogP contribution in [0.2, 0.25) is 0 Å². The average molecular weight is 424 g/mol. The number of hydrogen-bond donors (Lipinski definition) is 0. The number of benzene rings is 2. The molecule has 0 N–H and O–H groups in total. The predicted octanol–water partition coefficient (Wildman–Crippen LogP) is 5.23. The summed E-state index contributed by atoms with van der Waals surface area (Å²) in [4.78, 5) is 15.2. The smallest absolute Gasteiger partial charge is 0.305 e. The van der Waals surface area contributed by atoms with E-state index in [0.717, 1.165) is 5.56 Å². The zero-order valence-corrected chi connectivity index (χ0v) is 16.8. The van der Waals surface area contributed by atoms with Crippen LogP contribution in [-0.4, -0.2) is 18.1 Å². The molecule has 0 aliphatic rings. The molecule has 0 saturated heterocycles. The van der Waals surface area contributed by atoms with Gasteiger partial charge in [-0.2, -0.15) is 10.2 Å². The molecule has 0 unspecified atom stereocenters. The number of carbonyl (C=O) groups excluding carboxylic acids is 1. The summed E-state index contributed by atoms with van der Waals surface area (Å²) in [6.07, 6.45) is 0.591. The van der Waals surface area contributed by atoms with Crippen molar-refractivity contribution in [2.45, 2.75) is 19.8 Å². The number of hydrogen-bond acceptors (Lipinski definition) is 6. The van der Waals surface area contributed by atoms with Crippen molar-refractivity contribution in [3.63, 3.8) is 0 Å². The van der Waals surface area contributed by atoms with E-state index in [9.17, 15) is 13.6 Å². The molecule has 0 aliphatic heterocycles. The molecule has 2 aromatic carbocycles. The lowest BCUT2D eigenvalue weighted by Crippen LogP contribution is -2.03. The summed E-state index contributed by atoms with van der Waals surface area (Å²) in [5, 5.41) is 8.99. The van der Waals surface area contributed by atoms with Crippen molar-refractivity contribution in [2.24, 2.45) is 0 Å². The molecule has 0 fully saturated rings. The molecule has 0 amide bonds. The quantitative estimate of drug-likeness (QED) is 0.483. The number of esters is 1. The van der Waals surface area contributed by atoms with Crippen LogP contribution in [0.15, 0.2) is 48.5 Å². The third kappa shape index (κ3) is 5.34.